The molecule has 0 bridgehead atoms. The average Bonchev–Trinajstić information content (AvgIpc) is 2.88. The first-order valence-electron chi connectivity index (χ1n) is 6.71. The van der Waals surface area contributed by atoms with E-state index in [-0.39, 0.29) is 0 Å². The fraction of sp³-hybridized carbons (Fsp3) is 0.235. The van der Waals surface area contributed by atoms with Gasteiger partial charge in [0.05, 0.1) is 0 Å². The van der Waals surface area contributed by atoms with Gasteiger partial charge in [-0.1, -0.05) is 31.7 Å². The molecule has 0 fully saturated rings. The van der Waals surface area contributed by atoms with E-state index in [4.69, 9.17) is 0 Å². The molecule has 1 aromatic heterocycles. The molecule has 1 atom stereocenters. The molecule has 1 heterocycles. The Bertz CT molecular complexity index is 636. The van der Waals surface area contributed by atoms with Gasteiger partial charge in [0.25, 0.3) is 0 Å². The van der Waals surface area contributed by atoms with E-state index in [1.54, 1.807) is 6.20 Å². The minimum Gasteiger partial charge on any atom is -0.379 e. The van der Waals surface area contributed by atoms with Crippen molar-refractivity contribution in [3.8, 4) is 0 Å². The van der Waals surface area contributed by atoms with Gasteiger partial charge < -0.3 is 9.88 Å². The minimum absolute atomic E-state index is 0.355. The number of aromatic amines is 1. The SMILES string of the molecule is C=N/C=C\N(C)CC(C)C(=C)c1c[nH]c2ccccc12. The second-order valence-corrected chi connectivity index (χ2v) is 5.09. The van der Waals surface area contributed by atoms with Crippen LogP contribution in [0.4, 0.5) is 0 Å². The Kier molecular flexibility index (Phi) is 4.41. The van der Waals surface area contributed by atoms with Crippen LogP contribution in [0.5, 0.6) is 0 Å². The molecule has 20 heavy (non-hydrogen) atoms. The number of fused-ring (bicyclic) bond motifs is 1. The van der Waals surface area contributed by atoms with E-state index in [9.17, 15) is 0 Å². The van der Waals surface area contributed by atoms with Gasteiger partial charge in [-0.25, -0.2) is 0 Å². The van der Waals surface area contributed by atoms with Crippen molar-refractivity contribution in [2.75, 3.05) is 13.6 Å². The molecule has 0 saturated heterocycles. The summed E-state index contributed by atoms with van der Waals surface area (Å²) < 4.78 is 0. The Hall–Kier alpha value is -2.29. The Labute approximate surface area is 120 Å². The van der Waals surface area contributed by atoms with Crippen molar-refractivity contribution in [1.29, 1.82) is 0 Å². The van der Waals surface area contributed by atoms with Gasteiger partial charge in [0.2, 0.25) is 0 Å². The molecule has 0 spiro atoms. The molecular weight excluding hydrogens is 246 g/mol. The van der Waals surface area contributed by atoms with Crippen LogP contribution in [0.2, 0.25) is 0 Å². The zero-order valence-corrected chi connectivity index (χ0v) is 12.1. The quantitative estimate of drug-likeness (QED) is 0.790. The molecule has 2 rings (SSSR count). The molecule has 1 N–H and O–H groups in total. The fourth-order valence-corrected chi connectivity index (χ4v) is 2.37. The number of benzene rings is 1. The predicted octanol–water partition coefficient (Wildman–Crippen LogP) is 3.92. The second-order valence-electron chi connectivity index (χ2n) is 5.09. The van der Waals surface area contributed by atoms with Crippen molar-refractivity contribution in [1.82, 2.24) is 9.88 Å². The predicted molar refractivity (Wildman–Crippen MR) is 87.8 cm³/mol. The minimum atomic E-state index is 0.355. The van der Waals surface area contributed by atoms with Gasteiger partial charge in [-0.15, -0.1) is 0 Å². The number of aromatic nitrogens is 1. The van der Waals surface area contributed by atoms with Crippen LogP contribution in [0.1, 0.15) is 12.5 Å². The molecule has 1 aromatic carbocycles. The lowest BCUT2D eigenvalue weighted by Gasteiger charge is -2.21. The molecule has 0 radical (unpaired) electrons. The topological polar surface area (TPSA) is 31.4 Å². The summed E-state index contributed by atoms with van der Waals surface area (Å²) in [5, 5.41) is 1.23. The molecule has 0 amide bonds. The van der Waals surface area contributed by atoms with Gasteiger partial charge in [-0.05, 0) is 24.3 Å². The summed E-state index contributed by atoms with van der Waals surface area (Å²) in [5.74, 6) is 0.355. The Balaban J connectivity index is 2.14. The van der Waals surface area contributed by atoms with Crippen LogP contribution < -0.4 is 0 Å². The van der Waals surface area contributed by atoms with E-state index < -0.39 is 0 Å². The van der Waals surface area contributed by atoms with E-state index in [1.165, 1.54) is 10.9 Å². The third-order valence-corrected chi connectivity index (χ3v) is 3.52. The molecule has 3 heteroatoms. The average molecular weight is 267 g/mol. The van der Waals surface area contributed by atoms with Crippen molar-refractivity contribution in [3.63, 3.8) is 0 Å². The number of nitrogens with zero attached hydrogens (tertiary/aromatic N) is 2. The summed E-state index contributed by atoms with van der Waals surface area (Å²) in [6, 6.07) is 8.31. The Morgan fingerprint density at radius 3 is 2.95 bits per heavy atom. The normalized spacial score (nSPS) is 12.7. The molecule has 0 aliphatic carbocycles. The van der Waals surface area contributed by atoms with Crippen molar-refractivity contribution in [2.24, 2.45) is 10.9 Å². The highest BCUT2D eigenvalue weighted by molar-refractivity contribution is 5.92. The van der Waals surface area contributed by atoms with E-state index >= 15 is 0 Å². The van der Waals surface area contributed by atoms with Gasteiger partial charge in [0, 0.05) is 48.7 Å². The number of H-pyrrole nitrogens is 1. The van der Waals surface area contributed by atoms with E-state index in [0.717, 1.165) is 17.6 Å². The summed E-state index contributed by atoms with van der Waals surface area (Å²) in [7, 11) is 2.03. The molecule has 0 aliphatic rings. The van der Waals surface area contributed by atoms with E-state index in [1.807, 2.05) is 25.5 Å². The first-order valence-corrected chi connectivity index (χ1v) is 6.71. The zero-order chi connectivity index (χ0) is 14.5. The lowest BCUT2D eigenvalue weighted by molar-refractivity contribution is 0.416. The molecule has 104 valence electrons. The number of nitrogens with one attached hydrogen (secondary N) is 1. The molecule has 1 unspecified atom stereocenters. The second kappa shape index (κ2) is 6.24. The summed E-state index contributed by atoms with van der Waals surface area (Å²) in [6.07, 6.45) is 5.66. The van der Waals surface area contributed by atoms with Crippen LogP contribution in [0.25, 0.3) is 16.5 Å². The highest BCUT2D eigenvalue weighted by Gasteiger charge is 2.13. The highest BCUT2D eigenvalue weighted by atomic mass is 15.1. The fourth-order valence-electron chi connectivity index (χ4n) is 2.37. The first-order chi connectivity index (χ1) is 9.63. The van der Waals surface area contributed by atoms with Crippen LogP contribution in [0.3, 0.4) is 0 Å². The number of hydrogen-bond acceptors (Lipinski definition) is 2. The Morgan fingerprint density at radius 2 is 2.20 bits per heavy atom. The zero-order valence-electron chi connectivity index (χ0n) is 12.1. The third-order valence-electron chi connectivity index (χ3n) is 3.52. The number of para-hydroxylation sites is 1. The number of aliphatic imine (C=N–C) groups is 1. The summed E-state index contributed by atoms with van der Waals surface area (Å²) in [5.41, 5.74) is 3.50. The van der Waals surface area contributed by atoms with E-state index in [2.05, 4.69) is 53.3 Å². The molecular formula is C17H21N3. The maximum absolute atomic E-state index is 4.27. The lowest BCUT2D eigenvalue weighted by Crippen LogP contribution is -2.19. The van der Waals surface area contributed by atoms with Crippen molar-refractivity contribution < 1.29 is 0 Å². The first kappa shape index (κ1) is 14.1. The van der Waals surface area contributed by atoms with Crippen LogP contribution in [0.15, 0.2) is 54.4 Å². The van der Waals surface area contributed by atoms with Crippen molar-refractivity contribution in [3.05, 3.63) is 55.0 Å². The molecule has 2 aromatic rings. The summed E-state index contributed by atoms with van der Waals surface area (Å²) in [4.78, 5) is 9.12. The summed E-state index contributed by atoms with van der Waals surface area (Å²) in [6.45, 7) is 10.8. The highest BCUT2D eigenvalue weighted by Crippen LogP contribution is 2.28. The largest absolute Gasteiger partial charge is 0.379 e. The van der Waals surface area contributed by atoms with Crippen molar-refractivity contribution in [2.45, 2.75) is 6.92 Å². The van der Waals surface area contributed by atoms with E-state index in [0.29, 0.717) is 5.92 Å². The third kappa shape index (κ3) is 2.99. The maximum Gasteiger partial charge on any atom is 0.0460 e. The van der Waals surface area contributed by atoms with Crippen LogP contribution >= 0.6 is 0 Å². The smallest absolute Gasteiger partial charge is 0.0460 e. The standard InChI is InChI=1S/C17H21N3/c1-13(12-20(4)10-9-18-3)14(2)16-11-19-17-8-6-5-7-15(16)17/h5-11,13,19H,2-3,12H2,1,4H3/b10-9-. The number of hydrogen-bond donors (Lipinski definition) is 1. The van der Waals surface area contributed by atoms with Crippen LogP contribution in [-0.2, 0) is 0 Å². The van der Waals surface area contributed by atoms with Gasteiger partial charge in [0.15, 0.2) is 0 Å². The molecule has 3 nitrogen and oxygen atoms in total. The Morgan fingerprint density at radius 1 is 1.45 bits per heavy atom. The molecule has 0 aliphatic heterocycles. The van der Waals surface area contributed by atoms with Gasteiger partial charge in [0.1, 0.15) is 0 Å². The number of rotatable bonds is 6. The van der Waals surface area contributed by atoms with Crippen molar-refractivity contribution >= 4 is 23.2 Å². The monoisotopic (exact) mass is 267 g/mol. The van der Waals surface area contributed by atoms with Gasteiger partial charge >= 0.3 is 0 Å². The van der Waals surface area contributed by atoms with Gasteiger partial charge in [-0.2, -0.15) is 0 Å². The van der Waals surface area contributed by atoms with Gasteiger partial charge in [-0.3, -0.25) is 4.99 Å². The van der Waals surface area contributed by atoms with Crippen LogP contribution in [-0.4, -0.2) is 30.2 Å². The van der Waals surface area contributed by atoms with Crippen LogP contribution in [0, 0.1) is 5.92 Å². The summed E-state index contributed by atoms with van der Waals surface area (Å²) >= 11 is 0. The molecule has 0 saturated carbocycles. The lowest BCUT2D eigenvalue weighted by atomic mass is 9.95. The maximum atomic E-state index is 4.27.